The molecule has 1 aromatic carbocycles. The minimum Gasteiger partial charge on any atom is -0.493 e. The zero-order valence-corrected chi connectivity index (χ0v) is 11.9. The molecule has 0 saturated heterocycles. The minimum absolute atomic E-state index is 0.0321. The van der Waals surface area contributed by atoms with Gasteiger partial charge in [-0.1, -0.05) is 0 Å². The van der Waals surface area contributed by atoms with Crippen LogP contribution in [0.15, 0.2) is 30.1 Å². The summed E-state index contributed by atoms with van der Waals surface area (Å²) < 4.78 is 23.0. The summed E-state index contributed by atoms with van der Waals surface area (Å²) in [5.74, 6) is 0.699. The van der Waals surface area contributed by atoms with Crippen molar-refractivity contribution in [2.45, 2.75) is 0 Å². The van der Waals surface area contributed by atoms with Crippen LogP contribution >= 0.6 is 0 Å². The molecule has 6 heteroatoms. The Morgan fingerprint density at radius 2 is 2.10 bits per heavy atom. The molecular weight excluding hydrogens is 263 g/mol. The average molecular weight is 282 g/mol. The Hall–Kier alpha value is -2.08. The summed E-state index contributed by atoms with van der Waals surface area (Å²) in [6, 6.07) is 4.82. The highest BCUT2D eigenvalue weighted by Gasteiger charge is 2.12. The fourth-order valence-corrected chi connectivity index (χ4v) is 1.48. The Morgan fingerprint density at radius 3 is 2.60 bits per heavy atom. The fraction of sp³-hybridized carbons (Fsp3) is 0.357. The Morgan fingerprint density at radius 1 is 1.40 bits per heavy atom. The molecule has 0 aliphatic carbocycles. The van der Waals surface area contributed by atoms with E-state index in [1.54, 1.807) is 32.3 Å². The number of benzene rings is 1. The number of halogens is 1. The minimum atomic E-state index is -0.138. The summed E-state index contributed by atoms with van der Waals surface area (Å²) in [5.41, 5.74) is 6.16. The van der Waals surface area contributed by atoms with Crippen LogP contribution in [-0.2, 0) is 0 Å². The molecule has 0 radical (unpaired) electrons. The topological polar surface area (TPSA) is 64.8 Å². The number of carbonyl (C=O) groups excluding carboxylic acids is 1. The molecule has 0 atom stereocenters. The molecule has 0 spiro atoms. The molecule has 0 saturated carbocycles. The van der Waals surface area contributed by atoms with Gasteiger partial charge in [-0.05, 0) is 18.2 Å². The lowest BCUT2D eigenvalue weighted by Crippen LogP contribution is -2.21. The van der Waals surface area contributed by atoms with Crippen molar-refractivity contribution in [2.24, 2.45) is 5.73 Å². The number of carbonyl (C=O) groups is 1. The van der Waals surface area contributed by atoms with E-state index < -0.39 is 0 Å². The van der Waals surface area contributed by atoms with Crippen molar-refractivity contribution in [1.29, 1.82) is 0 Å². The number of ether oxygens (including phenoxy) is 2. The van der Waals surface area contributed by atoms with Crippen molar-refractivity contribution in [3.63, 3.8) is 0 Å². The van der Waals surface area contributed by atoms with Crippen molar-refractivity contribution in [2.75, 3.05) is 34.4 Å². The maximum atomic E-state index is 12.4. The molecule has 110 valence electrons. The summed E-state index contributed by atoms with van der Waals surface area (Å²) in [7, 11) is 4.80. The van der Waals surface area contributed by atoms with E-state index in [-0.39, 0.29) is 19.1 Å². The van der Waals surface area contributed by atoms with E-state index in [4.69, 9.17) is 15.2 Å². The van der Waals surface area contributed by atoms with Crippen molar-refractivity contribution in [3.8, 4) is 11.5 Å². The first-order chi connectivity index (χ1) is 9.53. The molecule has 0 bridgehead atoms. The number of methoxy groups -OCH3 is 1. The van der Waals surface area contributed by atoms with Gasteiger partial charge in [0.1, 0.15) is 6.61 Å². The summed E-state index contributed by atoms with van der Waals surface area (Å²) in [6.07, 6.45) is 0.427. The smallest absolute Gasteiger partial charge is 0.253 e. The molecule has 0 aliphatic heterocycles. The van der Waals surface area contributed by atoms with Gasteiger partial charge in [-0.15, -0.1) is 0 Å². The fourth-order valence-electron chi connectivity index (χ4n) is 1.48. The quantitative estimate of drug-likeness (QED) is 0.860. The van der Waals surface area contributed by atoms with Crippen molar-refractivity contribution < 1.29 is 18.7 Å². The van der Waals surface area contributed by atoms with E-state index in [0.29, 0.717) is 29.0 Å². The lowest BCUT2D eigenvalue weighted by atomic mass is 10.2. The molecule has 1 aromatic rings. The van der Waals surface area contributed by atoms with Crippen LogP contribution in [0.25, 0.3) is 0 Å². The number of rotatable bonds is 6. The second-order valence-electron chi connectivity index (χ2n) is 4.33. The van der Waals surface area contributed by atoms with Gasteiger partial charge in [0.15, 0.2) is 11.5 Å². The van der Waals surface area contributed by atoms with Gasteiger partial charge in [-0.25, -0.2) is 4.39 Å². The second kappa shape index (κ2) is 7.49. The van der Waals surface area contributed by atoms with Crippen molar-refractivity contribution in [1.82, 2.24) is 4.90 Å². The van der Waals surface area contributed by atoms with Crippen LogP contribution in [0, 0.1) is 0 Å². The van der Waals surface area contributed by atoms with E-state index >= 15 is 0 Å². The number of hydrogen-bond acceptors (Lipinski definition) is 4. The highest BCUT2D eigenvalue weighted by Crippen LogP contribution is 2.28. The lowest BCUT2D eigenvalue weighted by Gasteiger charge is -2.14. The zero-order chi connectivity index (χ0) is 15.1. The van der Waals surface area contributed by atoms with Gasteiger partial charge in [-0.3, -0.25) is 4.79 Å². The average Bonchev–Trinajstić information content (AvgIpc) is 2.47. The van der Waals surface area contributed by atoms with Crippen LogP contribution in [0.3, 0.4) is 0 Å². The molecule has 0 aliphatic rings. The SMILES string of the molecule is COc1cc(C(=O)N(C)C)ccc1OC/C(=C\F)CN. The first-order valence-corrected chi connectivity index (χ1v) is 6.04. The van der Waals surface area contributed by atoms with Crippen LogP contribution in [0.5, 0.6) is 11.5 Å². The first kappa shape index (κ1) is 16.0. The lowest BCUT2D eigenvalue weighted by molar-refractivity contribution is 0.0827. The number of amides is 1. The standard InChI is InChI=1S/C14H19FN2O3/c1-17(2)14(18)11-4-5-12(13(6-11)19-3)20-9-10(7-15)8-16/h4-7H,8-9,16H2,1-3H3/b10-7-. The summed E-state index contributed by atoms with van der Waals surface area (Å²) in [6.45, 7) is 0.111. The Balaban J connectivity index is 2.91. The van der Waals surface area contributed by atoms with Crippen molar-refractivity contribution >= 4 is 5.91 Å². The number of nitrogens with zero attached hydrogens (tertiary/aromatic N) is 1. The van der Waals surface area contributed by atoms with Crippen LogP contribution in [0.1, 0.15) is 10.4 Å². The molecule has 1 amide bonds. The third kappa shape index (κ3) is 3.96. The normalized spacial score (nSPS) is 11.2. The Bertz CT molecular complexity index is 501. The second-order valence-corrected chi connectivity index (χ2v) is 4.33. The largest absolute Gasteiger partial charge is 0.493 e. The monoisotopic (exact) mass is 282 g/mol. The van der Waals surface area contributed by atoms with Gasteiger partial charge in [0.25, 0.3) is 5.91 Å². The molecule has 5 nitrogen and oxygen atoms in total. The predicted molar refractivity (Wildman–Crippen MR) is 74.8 cm³/mol. The highest BCUT2D eigenvalue weighted by molar-refractivity contribution is 5.94. The molecule has 20 heavy (non-hydrogen) atoms. The predicted octanol–water partition coefficient (Wildman–Crippen LogP) is 1.59. The van der Waals surface area contributed by atoms with Gasteiger partial charge in [0.2, 0.25) is 0 Å². The molecule has 0 fully saturated rings. The maximum absolute atomic E-state index is 12.4. The molecule has 0 unspecified atom stereocenters. The maximum Gasteiger partial charge on any atom is 0.253 e. The third-order valence-corrected chi connectivity index (χ3v) is 2.65. The number of nitrogens with two attached hydrogens (primary N) is 1. The first-order valence-electron chi connectivity index (χ1n) is 6.04. The van der Waals surface area contributed by atoms with Gasteiger partial charge in [0.05, 0.1) is 13.4 Å². The van der Waals surface area contributed by atoms with E-state index in [1.807, 2.05) is 0 Å². The van der Waals surface area contributed by atoms with Crippen LogP contribution in [0.4, 0.5) is 4.39 Å². The van der Waals surface area contributed by atoms with Crippen LogP contribution in [0.2, 0.25) is 0 Å². The van der Waals surface area contributed by atoms with Crippen LogP contribution < -0.4 is 15.2 Å². The Kier molecular flexibility index (Phi) is 5.99. The van der Waals surface area contributed by atoms with Crippen LogP contribution in [-0.4, -0.2) is 45.2 Å². The molecular formula is C14H19FN2O3. The zero-order valence-electron chi connectivity index (χ0n) is 11.9. The summed E-state index contributed by atoms with van der Waals surface area (Å²) in [4.78, 5) is 13.3. The summed E-state index contributed by atoms with van der Waals surface area (Å²) >= 11 is 0. The number of hydrogen-bond donors (Lipinski definition) is 1. The van der Waals surface area contributed by atoms with E-state index in [2.05, 4.69) is 0 Å². The molecule has 0 aromatic heterocycles. The molecule has 0 heterocycles. The van der Waals surface area contributed by atoms with Crippen molar-refractivity contribution in [3.05, 3.63) is 35.7 Å². The van der Waals surface area contributed by atoms with E-state index in [9.17, 15) is 9.18 Å². The van der Waals surface area contributed by atoms with E-state index in [1.165, 1.54) is 12.0 Å². The Labute approximate surface area is 117 Å². The molecule has 2 N–H and O–H groups in total. The highest BCUT2D eigenvalue weighted by atomic mass is 19.1. The van der Waals surface area contributed by atoms with E-state index in [0.717, 1.165) is 0 Å². The van der Waals surface area contributed by atoms with Gasteiger partial charge >= 0.3 is 0 Å². The molecule has 1 rings (SSSR count). The summed E-state index contributed by atoms with van der Waals surface area (Å²) in [5, 5.41) is 0. The van der Waals surface area contributed by atoms with Gasteiger partial charge in [-0.2, -0.15) is 0 Å². The van der Waals surface area contributed by atoms with Gasteiger partial charge in [0, 0.05) is 31.8 Å². The van der Waals surface area contributed by atoms with Gasteiger partial charge < -0.3 is 20.1 Å². The third-order valence-electron chi connectivity index (χ3n) is 2.65.